The maximum absolute atomic E-state index is 8.71. The highest BCUT2D eigenvalue weighted by Gasteiger charge is 2.15. The molecule has 110 valence electrons. The van der Waals surface area contributed by atoms with Crippen molar-refractivity contribution in [2.24, 2.45) is 10.9 Å². The highest BCUT2D eigenvalue weighted by molar-refractivity contribution is 6.30. The summed E-state index contributed by atoms with van der Waals surface area (Å²) in [6.07, 6.45) is 1.57. The zero-order chi connectivity index (χ0) is 15.4. The Morgan fingerprint density at radius 1 is 1.33 bits per heavy atom. The van der Waals surface area contributed by atoms with Gasteiger partial charge in [-0.15, -0.1) is 0 Å². The van der Waals surface area contributed by atoms with E-state index in [1.54, 1.807) is 12.3 Å². The number of anilines is 1. The summed E-state index contributed by atoms with van der Waals surface area (Å²) < 4.78 is 0. The van der Waals surface area contributed by atoms with Gasteiger partial charge in [0, 0.05) is 18.3 Å². The van der Waals surface area contributed by atoms with E-state index in [1.807, 2.05) is 43.1 Å². The van der Waals surface area contributed by atoms with Gasteiger partial charge >= 0.3 is 0 Å². The first-order chi connectivity index (χ1) is 10.0. The Morgan fingerprint density at radius 2 is 2.00 bits per heavy atom. The van der Waals surface area contributed by atoms with Gasteiger partial charge in [0.05, 0.1) is 6.04 Å². The van der Waals surface area contributed by atoms with E-state index in [1.165, 1.54) is 0 Å². The second-order valence-corrected chi connectivity index (χ2v) is 5.00. The van der Waals surface area contributed by atoms with Crippen LogP contribution >= 0.6 is 11.6 Å². The van der Waals surface area contributed by atoms with Gasteiger partial charge in [0.25, 0.3) is 0 Å². The number of hydrogen-bond donors (Lipinski definition) is 2. The van der Waals surface area contributed by atoms with Crippen LogP contribution in [-0.2, 0) is 0 Å². The fourth-order valence-electron chi connectivity index (χ4n) is 1.85. The van der Waals surface area contributed by atoms with Crippen molar-refractivity contribution in [3.63, 3.8) is 0 Å². The predicted octanol–water partition coefficient (Wildman–Crippen LogP) is 2.42. The monoisotopic (exact) mass is 305 g/mol. The molecule has 1 heterocycles. The average Bonchev–Trinajstić information content (AvgIpc) is 2.53. The standard InChI is InChI=1S/C14H16ClN5O/c1-9(10-3-5-11(15)6-4-10)20(2)14-17-8-7-12(18-14)13(16)19-21/h3-9,21H,1-2H3,(H2,16,19). The van der Waals surface area contributed by atoms with Gasteiger partial charge in [0.1, 0.15) is 5.69 Å². The molecular formula is C14H16ClN5O. The molecular weight excluding hydrogens is 290 g/mol. The molecule has 3 N–H and O–H groups in total. The molecule has 0 aliphatic carbocycles. The smallest absolute Gasteiger partial charge is 0.226 e. The highest BCUT2D eigenvalue weighted by atomic mass is 35.5. The van der Waals surface area contributed by atoms with Crippen molar-refractivity contribution in [2.45, 2.75) is 13.0 Å². The third kappa shape index (κ3) is 3.41. The number of amidine groups is 1. The minimum atomic E-state index is -0.0498. The SMILES string of the molecule is CC(c1ccc(Cl)cc1)N(C)c1nccc(/C(N)=N/O)n1. The minimum Gasteiger partial charge on any atom is -0.409 e. The lowest BCUT2D eigenvalue weighted by atomic mass is 10.1. The molecule has 0 radical (unpaired) electrons. The fourth-order valence-corrected chi connectivity index (χ4v) is 1.98. The van der Waals surface area contributed by atoms with Crippen LogP contribution in [-0.4, -0.2) is 28.1 Å². The van der Waals surface area contributed by atoms with Gasteiger partial charge in [-0.25, -0.2) is 9.97 Å². The number of rotatable bonds is 4. The molecule has 0 bridgehead atoms. The van der Waals surface area contributed by atoms with E-state index in [4.69, 9.17) is 22.5 Å². The predicted molar refractivity (Wildman–Crippen MR) is 82.8 cm³/mol. The molecule has 1 aromatic heterocycles. The van der Waals surface area contributed by atoms with Crippen LogP contribution in [0, 0.1) is 0 Å². The topological polar surface area (TPSA) is 87.6 Å². The zero-order valence-electron chi connectivity index (χ0n) is 11.7. The van der Waals surface area contributed by atoms with Crippen molar-refractivity contribution in [1.29, 1.82) is 0 Å². The third-order valence-corrected chi connectivity index (χ3v) is 3.51. The number of aromatic nitrogens is 2. The fraction of sp³-hybridized carbons (Fsp3) is 0.214. The van der Waals surface area contributed by atoms with Crippen LogP contribution in [0.4, 0.5) is 5.95 Å². The third-order valence-electron chi connectivity index (χ3n) is 3.26. The molecule has 2 rings (SSSR count). The van der Waals surface area contributed by atoms with Crippen molar-refractivity contribution < 1.29 is 5.21 Å². The number of hydrogen-bond acceptors (Lipinski definition) is 5. The van der Waals surface area contributed by atoms with E-state index in [0.717, 1.165) is 5.56 Å². The summed E-state index contributed by atoms with van der Waals surface area (Å²) in [5, 5.41) is 12.3. The Balaban J connectivity index is 2.27. The Bertz CT molecular complexity index is 644. The van der Waals surface area contributed by atoms with Gasteiger partial charge in [0.15, 0.2) is 5.84 Å². The van der Waals surface area contributed by atoms with Gasteiger partial charge in [-0.2, -0.15) is 0 Å². The summed E-state index contributed by atoms with van der Waals surface area (Å²) in [6, 6.07) is 9.22. The summed E-state index contributed by atoms with van der Waals surface area (Å²) in [6.45, 7) is 2.03. The van der Waals surface area contributed by atoms with Gasteiger partial charge in [0.2, 0.25) is 5.95 Å². The Kier molecular flexibility index (Phi) is 4.59. The van der Waals surface area contributed by atoms with E-state index in [2.05, 4.69) is 15.1 Å². The van der Waals surface area contributed by atoms with E-state index in [0.29, 0.717) is 16.7 Å². The number of oxime groups is 1. The second-order valence-electron chi connectivity index (χ2n) is 4.57. The number of benzene rings is 1. The average molecular weight is 306 g/mol. The lowest BCUT2D eigenvalue weighted by Gasteiger charge is -2.25. The molecule has 1 atom stereocenters. The molecule has 1 aromatic carbocycles. The maximum Gasteiger partial charge on any atom is 0.226 e. The molecule has 6 nitrogen and oxygen atoms in total. The van der Waals surface area contributed by atoms with Crippen LogP contribution in [0.25, 0.3) is 0 Å². The molecule has 7 heteroatoms. The minimum absolute atomic E-state index is 0.0461. The Hall–Kier alpha value is -2.34. The van der Waals surface area contributed by atoms with Crippen LogP contribution in [0.2, 0.25) is 5.02 Å². The lowest BCUT2D eigenvalue weighted by Crippen LogP contribution is -2.25. The molecule has 2 aromatic rings. The van der Waals surface area contributed by atoms with E-state index < -0.39 is 0 Å². The summed E-state index contributed by atoms with van der Waals surface area (Å²) in [5.74, 6) is 0.438. The lowest BCUT2D eigenvalue weighted by molar-refractivity contribution is 0.318. The molecule has 0 spiro atoms. The number of halogens is 1. The van der Waals surface area contributed by atoms with Crippen LogP contribution in [0.5, 0.6) is 0 Å². The molecule has 0 aliphatic heterocycles. The summed E-state index contributed by atoms with van der Waals surface area (Å²) in [7, 11) is 1.88. The van der Waals surface area contributed by atoms with Crippen molar-refractivity contribution in [3.8, 4) is 0 Å². The van der Waals surface area contributed by atoms with Gasteiger partial charge in [-0.05, 0) is 30.7 Å². The summed E-state index contributed by atoms with van der Waals surface area (Å²) in [4.78, 5) is 10.4. The van der Waals surface area contributed by atoms with E-state index >= 15 is 0 Å². The molecule has 21 heavy (non-hydrogen) atoms. The van der Waals surface area contributed by atoms with Crippen LogP contribution in [0.1, 0.15) is 24.2 Å². The molecule has 0 amide bonds. The summed E-state index contributed by atoms with van der Waals surface area (Å²) >= 11 is 5.90. The highest BCUT2D eigenvalue weighted by Crippen LogP contribution is 2.23. The largest absolute Gasteiger partial charge is 0.409 e. The van der Waals surface area contributed by atoms with Crippen molar-refractivity contribution in [3.05, 3.63) is 52.8 Å². The van der Waals surface area contributed by atoms with Crippen LogP contribution in [0.3, 0.4) is 0 Å². The molecule has 0 saturated heterocycles. The van der Waals surface area contributed by atoms with Crippen LogP contribution < -0.4 is 10.6 Å². The van der Waals surface area contributed by atoms with Crippen molar-refractivity contribution in [1.82, 2.24) is 9.97 Å². The Labute approximate surface area is 127 Å². The first-order valence-corrected chi connectivity index (χ1v) is 6.70. The van der Waals surface area contributed by atoms with Gasteiger partial charge in [-0.3, -0.25) is 0 Å². The van der Waals surface area contributed by atoms with Crippen molar-refractivity contribution >= 4 is 23.4 Å². The Morgan fingerprint density at radius 3 is 2.62 bits per heavy atom. The van der Waals surface area contributed by atoms with Crippen LogP contribution in [0.15, 0.2) is 41.7 Å². The molecule has 1 unspecified atom stereocenters. The first-order valence-electron chi connectivity index (χ1n) is 6.32. The zero-order valence-corrected chi connectivity index (χ0v) is 12.5. The normalized spacial score (nSPS) is 13.0. The van der Waals surface area contributed by atoms with E-state index in [9.17, 15) is 0 Å². The molecule has 0 fully saturated rings. The molecule has 0 aliphatic rings. The number of nitrogens with zero attached hydrogens (tertiary/aromatic N) is 4. The number of nitrogens with two attached hydrogens (primary N) is 1. The molecule has 0 saturated carbocycles. The van der Waals surface area contributed by atoms with Gasteiger partial charge < -0.3 is 15.8 Å². The second kappa shape index (κ2) is 6.41. The first kappa shape index (κ1) is 15.1. The quantitative estimate of drug-likeness (QED) is 0.392. The van der Waals surface area contributed by atoms with Crippen molar-refractivity contribution in [2.75, 3.05) is 11.9 Å². The summed E-state index contributed by atoms with van der Waals surface area (Å²) in [5.41, 5.74) is 7.00. The van der Waals surface area contributed by atoms with E-state index in [-0.39, 0.29) is 11.9 Å². The van der Waals surface area contributed by atoms with Gasteiger partial charge in [-0.1, -0.05) is 28.9 Å². The maximum atomic E-state index is 8.71.